The van der Waals surface area contributed by atoms with Gasteiger partial charge in [-0.2, -0.15) is 11.3 Å². The summed E-state index contributed by atoms with van der Waals surface area (Å²) in [5.41, 5.74) is 1.83. The lowest BCUT2D eigenvalue weighted by molar-refractivity contribution is -0.134. The van der Waals surface area contributed by atoms with E-state index < -0.39 is 5.82 Å². The van der Waals surface area contributed by atoms with Gasteiger partial charge < -0.3 is 9.64 Å². The van der Waals surface area contributed by atoms with E-state index in [9.17, 15) is 9.18 Å². The highest BCUT2D eigenvalue weighted by Gasteiger charge is 2.17. The molecule has 6 heteroatoms. The molecule has 3 rings (SSSR count). The van der Waals surface area contributed by atoms with E-state index in [1.165, 1.54) is 12.1 Å². The quantitative estimate of drug-likeness (QED) is 0.645. The lowest BCUT2D eigenvalue weighted by Gasteiger charge is -2.22. The third-order valence-electron chi connectivity index (χ3n) is 3.57. The summed E-state index contributed by atoms with van der Waals surface area (Å²) in [7, 11) is 0. The minimum Gasteiger partial charge on any atom is -0.481 e. The second kappa shape index (κ2) is 8.39. The fourth-order valence-corrected chi connectivity index (χ4v) is 2.97. The van der Waals surface area contributed by atoms with E-state index >= 15 is 0 Å². The first-order chi connectivity index (χ1) is 12.2. The van der Waals surface area contributed by atoms with E-state index in [-0.39, 0.29) is 18.3 Å². The molecule has 2 aromatic heterocycles. The van der Waals surface area contributed by atoms with E-state index in [1.54, 1.807) is 34.6 Å². The maximum absolute atomic E-state index is 13.6. The smallest absolute Gasteiger partial charge is 0.261 e. The highest BCUT2D eigenvalue weighted by Crippen LogP contribution is 2.16. The van der Waals surface area contributed by atoms with Crippen molar-refractivity contribution < 1.29 is 13.9 Å². The van der Waals surface area contributed by atoms with Crippen LogP contribution in [0, 0.1) is 5.82 Å². The van der Waals surface area contributed by atoms with Crippen molar-refractivity contribution in [1.29, 1.82) is 0 Å². The number of carbonyl (C=O) groups is 1. The van der Waals surface area contributed by atoms with Crippen LogP contribution >= 0.6 is 11.3 Å². The predicted octanol–water partition coefficient (Wildman–Crippen LogP) is 3.89. The maximum Gasteiger partial charge on any atom is 0.261 e. The molecule has 4 nitrogen and oxygen atoms in total. The van der Waals surface area contributed by atoms with Gasteiger partial charge in [-0.3, -0.25) is 9.78 Å². The molecule has 0 aliphatic carbocycles. The van der Waals surface area contributed by atoms with Crippen LogP contribution in [0.25, 0.3) is 0 Å². The first-order valence-electron chi connectivity index (χ1n) is 7.78. The number of rotatable bonds is 7. The van der Waals surface area contributed by atoms with Crippen LogP contribution in [-0.4, -0.2) is 22.4 Å². The van der Waals surface area contributed by atoms with E-state index in [4.69, 9.17) is 4.74 Å². The zero-order valence-corrected chi connectivity index (χ0v) is 14.3. The number of carbonyl (C=O) groups excluding carboxylic acids is 1. The van der Waals surface area contributed by atoms with Gasteiger partial charge in [0, 0.05) is 12.7 Å². The Morgan fingerprint density at radius 1 is 1.12 bits per heavy atom. The van der Waals surface area contributed by atoms with Crippen molar-refractivity contribution in [3.05, 3.63) is 82.6 Å². The van der Waals surface area contributed by atoms with Gasteiger partial charge >= 0.3 is 0 Å². The number of halogens is 1. The van der Waals surface area contributed by atoms with Crippen molar-refractivity contribution in [3.63, 3.8) is 0 Å². The van der Waals surface area contributed by atoms with Crippen LogP contribution in [0.2, 0.25) is 0 Å². The molecule has 1 aromatic carbocycles. The first kappa shape index (κ1) is 17.1. The highest BCUT2D eigenvalue weighted by molar-refractivity contribution is 7.07. The van der Waals surface area contributed by atoms with Gasteiger partial charge in [0.05, 0.1) is 12.2 Å². The van der Waals surface area contributed by atoms with Crippen LogP contribution in [-0.2, 0) is 17.9 Å². The SMILES string of the molecule is O=C(COc1ccccc1F)N(Cc1ccsc1)Cc1ccccn1. The molecule has 0 bridgehead atoms. The number of nitrogens with zero attached hydrogens (tertiary/aromatic N) is 2. The summed E-state index contributed by atoms with van der Waals surface area (Å²) in [6, 6.07) is 13.6. The van der Waals surface area contributed by atoms with Gasteiger partial charge in [0.1, 0.15) is 0 Å². The average Bonchev–Trinajstić information content (AvgIpc) is 3.14. The summed E-state index contributed by atoms with van der Waals surface area (Å²) in [5, 5.41) is 3.96. The monoisotopic (exact) mass is 356 g/mol. The first-order valence-corrected chi connectivity index (χ1v) is 8.73. The van der Waals surface area contributed by atoms with Crippen molar-refractivity contribution in [1.82, 2.24) is 9.88 Å². The van der Waals surface area contributed by atoms with Crippen LogP contribution < -0.4 is 4.74 Å². The molecule has 0 radical (unpaired) electrons. The van der Waals surface area contributed by atoms with Gasteiger partial charge in [-0.1, -0.05) is 18.2 Å². The fourth-order valence-electron chi connectivity index (χ4n) is 2.32. The van der Waals surface area contributed by atoms with Crippen LogP contribution in [0.1, 0.15) is 11.3 Å². The molecule has 25 heavy (non-hydrogen) atoms. The molecule has 2 heterocycles. The molecule has 0 saturated carbocycles. The molecular weight excluding hydrogens is 339 g/mol. The van der Waals surface area contributed by atoms with Crippen molar-refractivity contribution in [2.75, 3.05) is 6.61 Å². The van der Waals surface area contributed by atoms with Gasteiger partial charge in [0.15, 0.2) is 18.2 Å². The lowest BCUT2D eigenvalue weighted by atomic mass is 10.2. The Balaban J connectivity index is 1.69. The van der Waals surface area contributed by atoms with Gasteiger partial charge in [-0.25, -0.2) is 4.39 Å². The Morgan fingerprint density at radius 3 is 2.68 bits per heavy atom. The van der Waals surface area contributed by atoms with Gasteiger partial charge in [0.2, 0.25) is 0 Å². The second-order valence-corrected chi connectivity index (χ2v) is 6.20. The predicted molar refractivity (Wildman–Crippen MR) is 94.7 cm³/mol. The Bertz CT molecular complexity index is 809. The molecule has 1 amide bonds. The van der Waals surface area contributed by atoms with Gasteiger partial charge in [-0.05, 0) is 46.7 Å². The molecule has 3 aromatic rings. The summed E-state index contributed by atoms with van der Waals surface area (Å²) < 4.78 is 19.0. The maximum atomic E-state index is 13.6. The van der Waals surface area contributed by atoms with Gasteiger partial charge in [-0.15, -0.1) is 0 Å². The number of hydrogen-bond donors (Lipinski definition) is 0. The molecule has 0 spiro atoms. The minimum absolute atomic E-state index is 0.0733. The molecule has 0 N–H and O–H groups in total. The second-order valence-electron chi connectivity index (χ2n) is 5.42. The van der Waals surface area contributed by atoms with Crippen molar-refractivity contribution in [2.24, 2.45) is 0 Å². The standard InChI is InChI=1S/C19H17FN2O2S/c20-17-6-1-2-7-18(17)24-13-19(23)22(11-15-8-10-25-14-15)12-16-5-3-4-9-21-16/h1-10,14H,11-13H2. The molecule has 0 aliphatic heterocycles. The molecule has 0 aliphatic rings. The summed E-state index contributed by atoms with van der Waals surface area (Å²) in [5.74, 6) is -0.631. The highest BCUT2D eigenvalue weighted by atomic mass is 32.1. The number of hydrogen-bond acceptors (Lipinski definition) is 4. The minimum atomic E-state index is -0.482. The third-order valence-corrected chi connectivity index (χ3v) is 4.31. The fraction of sp³-hybridized carbons (Fsp3) is 0.158. The van der Waals surface area contributed by atoms with Crippen molar-refractivity contribution in [3.8, 4) is 5.75 Å². The number of para-hydroxylation sites is 1. The largest absolute Gasteiger partial charge is 0.481 e. The summed E-state index contributed by atoms with van der Waals surface area (Å²) in [6.07, 6.45) is 1.69. The summed E-state index contributed by atoms with van der Waals surface area (Å²) in [6.45, 7) is 0.605. The lowest BCUT2D eigenvalue weighted by Crippen LogP contribution is -2.34. The van der Waals surface area contributed by atoms with E-state index in [0.717, 1.165) is 11.3 Å². The number of ether oxygens (including phenoxy) is 1. The number of benzene rings is 1. The van der Waals surface area contributed by atoms with Gasteiger partial charge in [0.25, 0.3) is 5.91 Å². The number of aromatic nitrogens is 1. The molecule has 0 saturated heterocycles. The summed E-state index contributed by atoms with van der Waals surface area (Å²) in [4.78, 5) is 18.5. The molecule has 0 fully saturated rings. The number of pyridine rings is 1. The van der Waals surface area contributed by atoms with Crippen LogP contribution in [0.15, 0.2) is 65.5 Å². The van der Waals surface area contributed by atoms with Crippen LogP contribution in [0.3, 0.4) is 0 Å². The summed E-state index contributed by atoms with van der Waals surface area (Å²) >= 11 is 1.58. The number of thiophene rings is 1. The van der Waals surface area contributed by atoms with Crippen LogP contribution in [0.5, 0.6) is 5.75 Å². The molecule has 0 atom stereocenters. The zero-order valence-electron chi connectivity index (χ0n) is 13.5. The number of amides is 1. The molecule has 0 unspecified atom stereocenters. The van der Waals surface area contributed by atoms with E-state index in [1.807, 2.05) is 35.0 Å². The Hall–Kier alpha value is -2.73. The Labute approximate surface area is 149 Å². The Morgan fingerprint density at radius 2 is 1.96 bits per heavy atom. The Kier molecular flexibility index (Phi) is 5.74. The van der Waals surface area contributed by atoms with Crippen molar-refractivity contribution in [2.45, 2.75) is 13.1 Å². The third kappa shape index (κ3) is 4.87. The van der Waals surface area contributed by atoms with Crippen LogP contribution in [0.4, 0.5) is 4.39 Å². The van der Waals surface area contributed by atoms with E-state index in [0.29, 0.717) is 13.1 Å². The molecular formula is C19H17FN2O2S. The normalized spacial score (nSPS) is 10.4. The molecule has 128 valence electrons. The van der Waals surface area contributed by atoms with E-state index in [2.05, 4.69) is 4.98 Å². The van der Waals surface area contributed by atoms with Crippen molar-refractivity contribution >= 4 is 17.2 Å². The topological polar surface area (TPSA) is 42.4 Å². The average molecular weight is 356 g/mol. The zero-order chi connectivity index (χ0) is 17.5.